The Balaban J connectivity index is 4.53. The molecule has 0 fully saturated rings. The van der Waals surface area contributed by atoms with E-state index < -0.39 is 12.3 Å². The molecular formula is C18H38O6. The Hall–Kier alpha value is -0.240. The molecule has 1 atom stereocenters. The fourth-order valence-corrected chi connectivity index (χ4v) is 1.84. The molecule has 0 heterocycles. The summed E-state index contributed by atoms with van der Waals surface area (Å²) in [6.45, 7) is 10.5. The van der Waals surface area contributed by atoms with Crippen LogP contribution in [0, 0.1) is 0 Å². The highest BCUT2D eigenvalue weighted by Crippen LogP contribution is 2.19. The zero-order valence-corrected chi connectivity index (χ0v) is 16.1. The summed E-state index contributed by atoms with van der Waals surface area (Å²) in [5.74, 6) is -1.15. The van der Waals surface area contributed by atoms with E-state index in [9.17, 15) is 0 Å². The van der Waals surface area contributed by atoms with Crippen LogP contribution in [0.3, 0.4) is 0 Å². The van der Waals surface area contributed by atoms with E-state index in [0.717, 1.165) is 38.5 Å². The Morgan fingerprint density at radius 1 is 0.750 bits per heavy atom. The van der Waals surface area contributed by atoms with Crippen LogP contribution in [0.5, 0.6) is 0 Å². The van der Waals surface area contributed by atoms with E-state index in [1.807, 2.05) is 0 Å². The van der Waals surface area contributed by atoms with Crippen LogP contribution in [0.4, 0.5) is 0 Å². The topological polar surface area (TPSA) is 66.4 Å². The lowest BCUT2D eigenvalue weighted by atomic mass is 10.3. The van der Waals surface area contributed by atoms with Crippen LogP contribution in [0.15, 0.2) is 0 Å². The van der Waals surface area contributed by atoms with Gasteiger partial charge in [0, 0.05) is 0 Å². The van der Waals surface area contributed by atoms with E-state index in [4.69, 9.17) is 28.8 Å². The molecule has 0 rings (SSSR count). The molecule has 0 aliphatic rings. The maximum Gasteiger partial charge on any atom is 0.307 e. The molecule has 0 radical (unpaired) electrons. The molecule has 0 spiro atoms. The molecule has 6 heteroatoms. The minimum Gasteiger partial charge on any atom is -0.371 e. The van der Waals surface area contributed by atoms with Gasteiger partial charge in [-0.25, -0.2) is 0 Å². The van der Waals surface area contributed by atoms with Crippen molar-refractivity contribution < 1.29 is 28.8 Å². The Kier molecular flexibility index (Phi) is 16.1. The summed E-state index contributed by atoms with van der Waals surface area (Å²) in [6, 6.07) is 0. The lowest BCUT2D eigenvalue weighted by Gasteiger charge is -2.33. The highest BCUT2D eigenvalue weighted by atomic mass is 16.9. The summed E-state index contributed by atoms with van der Waals surface area (Å²) in [4.78, 5) is 0. The molecule has 0 bridgehead atoms. The molecule has 0 saturated carbocycles. The first-order valence-electron chi connectivity index (χ1n) is 9.39. The highest BCUT2D eigenvalue weighted by Gasteiger charge is 2.34. The van der Waals surface area contributed by atoms with Crippen molar-refractivity contribution in [2.24, 2.45) is 0 Å². The van der Waals surface area contributed by atoms with E-state index in [1.165, 1.54) is 0 Å². The van der Waals surface area contributed by atoms with E-state index in [0.29, 0.717) is 33.0 Å². The Morgan fingerprint density at radius 3 is 1.58 bits per heavy atom. The largest absolute Gasteiger partial charge is 0.371 e. The average molecular weight is 350 g/mol. The smallest absolute Gasteiger partial charge is 0.307 e. The van der Waals surface area contributed by atoms with Gasteiger partial charge >= 0.3 is 5.97 Å². The first-order chi connectivity index (χ1) is 11.6. The third-order valence-corrected chi connectivity index (χ3v) is 3.33. The van der Waals surface area contributed by atoms with Crippen LogP contribution in [0.25, 0.3) is 0 Å². The number of ether oxygens (including phenoxy) is 5. The van der Waals surface area contributed by atoms with Crippen LogP contribution >= 0.6 is 0 Å². The van der Waals surface area contributed by atoms with Gasteiger partial charge in [0.25, 0.3) is 0 Å². The minimum absolute atomic E-state index is 0.188. The summed E-state index contributed by atoms with van der Waals surface area (Å²) >= 11 is 0. The van der Waals surface area contributed by atoms with Gasteiger partial charge in [0.1, 0.15) is 6.61 Å². The minimum atomic E-state index is -1.15. The van der Waals surface area contributed by atoms with E-state index in [1.54, 1.807) is 6.92 Å². The number of hydrogen-bond donors (Lipinski definition) is 1. The van der Waals surface area contributed by atoms with Crippen molar-refractivity contribution in [3.63, 3.8) is 0 Å². The van der Waals surface area contributed by atoms with Gasteiger partial charge < -0.3 is 28.8 Å². The molecule has 0 aliphatic heterocycles. The zero-order chi connectivity index (χ0) is 18.1. The van der Waals surface area contributed by atoms with Crippen molar-refractivity contribution in [1.82, 2.24) is 0 Å². The lowest BCUT2D eigenvalue weighted by molar-refractivity contribution is -0.395. The number of hydrogen-bond acceptors (Lipinski definition) is 6. The summed E-state index contributed by atoms with van der Waals surface area (Å²) in [5, 5.41) is 9.09. The number of unbranched alkanes of at least 4 members (excludes halogenated alkanes) is 3. The zero-order valence-electron chi connectivity index (χ0n) is 16.1. The van der Waals surface area contributed by atoms with Gasteiger partial charge in [-0.3, -0.25) is 0 Å². The van der Waals surface area contributed by atoms with Gasteiger partial charge in [-0.2, -0.15) is 0 Å². The molecule has 0 amide bonds. The van der Waals surface area contributed by atoms with Crippen molar-refractivity contribution >= 4 is 0 Å². The molecule has 0 aliphatic carbocycles. The van der Waals surface area contributed by atoms with Gasteiger partial charge in [-0.05, 0) is 26.2 Å². The van der Waals surface area contributed by atoms with Crippen molar-refractivity contribution in [2.75, 3.05) is 39.6 Å². The van der Waals surface area contributed by atoms with Gasteiger partial charge in [0.2, 0.25) is 0 Å². The highest BCUT2D eigenvalue weighted by molar-refractivity contribution is 4.59. The first kappa shape index (κ1) is 23.8. The van der Waals surface area contributed by atoms with Crippen LogP contribution in [0.1, 0.15) is 66.2 Å². The molecule has 0 saturated heterocycles. The standard InChI is InChI=1S/C18H38O6/c1-5-8-11-22-18(23-12-9-6-2,24-13-10-7-3)16-20-14-15-21-17(4)19/h17,19H,5-16H2,1-4H3. The number of aliphatic hydroxyl groups is 1. The Morgan fingerprint density at radius 2 is 1.21 bits per heavy atom. The van der Waals surface area contributed by atoms with Crippen molar-refractivity contribution in [2.45, 2.75) is 78.5 Å². The van der Waals surface area contributed by atoms with Gasteiger partial charge in [-0.15, -0.1) is 0 Å². The molecule has 24 heavy (non-hydrogen) atoms. The second-order valence-electron chi connectivity index (χ2n) is 5.81. The Bertz CT molecular complexity index is 233. The second-order valence-corrected chi connectivity index (χ2v) is 5.81. The van der Waals surface area contributed by atoms with Crippen LogP contribution in [0.2, 0.25) is 0 Å². The number of rotatable bonds is 18. The van der Waals surface area contributed by atoms with Crippen LogP contribution in [-0.2, 0) is 23.7 Å². The first-order valence-corrected chi connectivity index (χ1v) is 9.39. The third-order valence-electron chi connectivity index (χ3n) is 3.33. The van der Waals surface area contributed by atoms with Gasteiger partial charge in [-0.1, -0.05) is 40.0 Å². The molecule has 1 unspecified atom stereocenters. The van der Waals surface area contributed by atoms with Gasteiger partial charge in [0.05, 0.1) is 33.0 Å². The van der Waals surface area contributed by atoms with E-state index in [-0.39, 0.29) is 6.61 Å². The lowest BCUT2D eigenvalue weighted by Crippen LogP contribution is -2.45. The van der Waals surface area contributed by atoms with Crippen molar-refractivity contribution in [3.8, 4) is 0 Å². The van der Waals surface area contributed by atoms with Crippen molar-refractivity contribution in [1.29, 1.82) is 0 Å². The monoisotopic (exact) mass is 350 g/mol. The molecule has 0 aromatic rings. The SMILES string of the molecule is CCCCOC(COCCOC(C)O)(OCCCC)OCCCC. The average Bonchev–Trinajstić information content (AvgIpc) is 2.55. The van der Waals surface area contributed by atoms with E-state index >= 15 is 0 Å². The van der Waals surface area contributed by atoms with E-state index in [2.05, 4.69) is 20.8 Å². The predicted octanol–water partition coefficient (Wildman–Crippen LogP) is 3.46. The molecule has 146 valence electrons. The quantitative estimate of drug-likeness (QED) is 0.302. The maximum atomic E-state index is 9.09. The molecule has 0 aromatic carbocycles. The summed E-state index contributed by atoms with van der Waals surface area (Å²) < 4.78 is 28.5. The Labute approximate surface area is 147 Å². The third kappa shape index (κ3) is 13.1. The summed E-state index contributed by atoms with van der Waals surface area (Å²) in [5.41, 5.74) is 0. The van der Waals surface area contributed by atoms with Crippen molar-refractivity contribution in [3.05, 3.63) is 0 Å². The van der Waals surface area contributed by atoms with Crippen LogP contribution < -0.4 is 0 Å². The fraction of sp³-hybridized carbons (Fsp3) is 1.00. The molecule has 6 nitrogen and oxygen atoms in total. The summed E-state index contributed by atoms with van der Waals surface area (Å²) in [7, 11) is 0. The normalized spacial score (nSPS) is 13.4. The molecule has 1 N–H and O–H groups in total. The molecule has 0 aromatic heterocycles. The fourth-order valence-electron chi connectivity index (χ4n) is 1.84. The van der Waals surface area contributed by atoms with Crippen LogP contribution in [-0.4, -0.2) is 57.0 Å². The number of aliphatic hydroxyl groups excluding tert-OH is 1. The molecular weight excluding hydrogens is 312 g/mol. The maximum absolute atomic E-state index is 9.09. The van der Waals surface area contributed by atoms with Gasteiger partial charge in [0.15, 0.2) is 6.29 Å². The predicted molar refractivity (Wildman–Crippen MR) is 93.8 cm³/mol. The second kappa shape index (κ2) is 16.2. The summed E-state index contributed by atoms with van der Waals surface area (Å²) in [6.07, 6.45) is 5.18.